The Kier molecular flexibility index (Phi) is 4.42. The molecule has 0 bridgehead atoms. The highest BCUT2D eigenvalue weighted by atomic mass is 16.6. The molecule has 0 saturated heterocycles. The smallest absolute Gasteiger partial charge is 0.410 e. The van der Waals surface area contributed by atoms with Gasteiger partial charge >= 0.3 is 6.09 Å². The fraction of sp³-hybridized carbons (Fsp3) is 0.562. The normalized spacial score (nSPS) is 18.1. The fourth-order valence-corrected chi connectivity index (χ4v) is 2.33. The van der Waals surface area contributed by atoms with Crippen LogP contribution in [0, 0.1) is 0 Å². The van der Waals surface area contributed by atoms with Crippen molar-refractivity contribution in [1.82, 2.24) is 4.90 Å². The number of aliphatic hydroxyl groups excluding tert-OH is 1. The standard InChI is InChI=1S/C16H23NO4/c1-5-20-12-7-6-11-9-17(10-14(18)13(11)8-12)15(19)21-16(2,3)4/h6-8,14,18H,5,9-10H2,1-4H3. The van der Waals surface area contributed by atoms with Gasteiger partial charge in [-0.3, -0.25) is 0 Å². The fourth-order valence-electron chi connectivity index (χ4n) is 2.33. The monoisotopic (exact) mass is 293 g/mol. The molecule has 1 unspecified atom stereocenters. The molecule has 0 aliphatic carbocycles. The Morgan fingerprint density at radius 1 is 1.43 bits per heavy atom. The molecule has 0 aromatic heterocycles. The van der Waals surface area contributed by atoms with E-state index in [-0.39, 0.29) is 6.54 Å². The molecular formula is C16H23NO4. The first-order chi connectivity index (χ1) is 9.80. The lowest BCUT2D eigenvalue weighted by molar-refractivity contribution is 0.00825. The first kappa shape index (κ1) is 15.6. The second kappa shape index (κ2) is 5.93. The average Bonchev–Trinajstić information content (AvgIpc) is 2.37. The molecule has 1 N–H and O–H groups in total. The molecular weight excluding hydrogens is 270 g/mol. The number of carbonyl (C=O) groups excluding carboxylic acids is 1. The summed E-state index contributed by atoms with van der Waals surface area (Å²) in [6.45, 7) is 8.65. The number of carbonyl (C=O) groups is 1. The quantitative estimate of drug-likeness (QED) is 0.911. The van der Waals surface area contributed by atoms with Gasteiger partial charge in [0.1, 0.15) is 11.4 Å². The van der Waals surface area contributed by atoms with Gasteiger partial charge in [-0.05, 0) is 51.0 Å². The van der Waals surface area contributed by atoms with Gasteiger partial charge in [0.2, 0.25) is 0 Å². The van der Waals surface area contributed by atoms with Crippen LogP contribution in [0.3, 0.4) is 0 Å². The maximum Gasteiger partial charge on any atom is 0.410 e. The Morgan fingerprint density at radius 2 is 2.14 bits per heavy atom. The van der Waals surface area contributed by atoms with Crippen molar-refractivity contribution in [2.75, 3.05) is 13.2 Å². The second-order valence-electron chi connectivity index (χ2n) is 6.17. The molecule has 116 valence electrons. The first-order valence-corrected chi connectivity index (χ1v) is 7.22. The number of hydrogen-bond acceptors (Lipinski definition) is 4. The number of fused-ring (bicyclic) bond motifs is 1. The number of β-amino-alcohol motifs (C(OH)–C–C–N with tert-alkyl or cyclic N) is 1. The van der Waals surface area contributed by atoms with Gasteiger partial charge in [-0.15, -0.1) is 0 Å². The van der Waals surface area contributed by atoms with Crippen molar-refractivity contribution in [1.29, 1.82) is 0 Å². The summed E-state index contributed by atoms with van der Waals surface area (Å²) in [5.41, 5.74) is 1.20. The highest BCUT2D eigenvalue weighted by Crippen LogP contribution is 2.30. The zero-order valence-corrected chi connectivity index (χ0v) is 13.0. The number of aliphatic hydroxyl groups is 1. The zero-order valence-electron chi connectivity index (χ0n) is 13.0. The van der Waals surface area contributed by atoms with Crippen molar-refractivity contribution in [3.63, 3.8) is 0 Å². The third-order valence-corrected chi connectivity index (χ3v) is 3.19. The number of benzene rings is 1. The van der Waals surface area contributed by atoms with E-state index >= 15 is 0 Å². The predicted octanol–water partition coefficient (Wildman–Crippen LogP) is 2.87. The molecule has 1 aromatic carbocycles. The number of ether oxygens (including phenoxy) is 2. The third kappa shape index (κ3) is 3.88. The van der Waals surface area contributed by atoms with E-state index in [4.69, 9.17) is 9.47 Å². The summed E-state index contributed by atoms with van der Waals surface area (Å²) < 4.78 is 10.8. The lowest BCUT2D eigenvalue weighted by Crippen LogP contribution is -2.41. The van der Waals surface area contributed by atoms with Crippen molar-refractivity contribution < 1.29 is 19.4 Å². The van der Waals surface area contributed by atoms with Crippen molar-refractivity contribution in [2.45, 2.75) is 45.9 Å². The number of amides is 1. The average molecular weight is 293 g/mol. The van der Waals surface area contributed by atoms with E-state index in [9.17, 15) is 9.90 Å². The lowest BCUT2D eigenvalue weighted by atomic mass is 9.97. The van der Waals surface area contributed by atoms with Crippen LogP contribution in [0.1, 0.15) is 44.9 Å². The minimum absolute atomic E-state index is 0.234. The number of nitrogens with zero attached hydrogens (tertiary/aromatic N) is 1. The van der Waals surface area contributed by atoms with Crippen LogP contribution in [-0.2, 0) is 11.3 Å². The molecule has 1 atom stereocenters. The third-order valence-electron chi connectivity index (χ3n) is 3.19. The molecule has 2 rings (SSSR count). The maximum atomic E-state index is 12.1. The van der Waals surface area contributed by atoms with E-state index in [2.05, 4.69) is 0 Å². The van der Waals surface area contributed by atoms with Crippen LogP contribution < -0.4 is 4.74 Å². The van der Waals surface area contributed by atoms with Crippen LogP contribution in [0.25, 0.3) is 0 Å². The van der Waals surface area contributed by atoms with E-state index in [1.54, 1.807) is 0 Å². The largest absolute Gasteiger partial charge is 0.494 e. The molecule has 5 heteroatoms. The molecule has 1 heterocycles. The Balaban J connectivity index is 2.15. The van der Waals surface area contributed by atoms with E-state index in [0.29, 0.717) is 13.2 Å². The van der Waals surface area contributed by atoms with Crippen LogP contribution in [0.5, 0.6) is 5.75 Å². The molecule has 5 nitrogen and oxygen atoms in total. The molecule has 1 amide bonds. The topological polar surface area (TPSA) is 59.0 Å². The molecule has 21 heavy (non-hydrogen) atoms. The Bertz CT molecular complexity index is 521. The van der Waals surface area contributed by atoms with E-state index < -0.39 is 17.8 Å². The van der Waals surface area contributed by atoms with Gasteiger partial charge in [-0.1, -0.05) is 6.07 Å². The molecule has 0 spiro atoms. The van der Waals surface area contributed by atoms with Crippen molar-refractivity contribution in [3.05, 3.63) is 29.3 Å². The van der Waals surface area contributed by atoms with Crippen LogP contribution in [0.15, 0.2) is 18.2 Å². The first-order valence-electron chi connectivity index (χ1n) is 7.22. The predicted molar refractivity (Wildman–Crippen MR) is 79.2 cm³/mol. The summed E-state index contributed by atoms with van der Waals surface area (Å²) in [6, 6.07) is 5.59. The van der Waals surface area contributed by atoms with Gasteiger partial charge in [-0.25, -0.2) is 4.79 Å². The number of hydrogen-bond donors (Lipinski definition) is 1. The molecule has 1 aliphatic heterocycles. The van der Waals surface area contributed by atoms with Crippen molar-refractivity contribution >= 4 is 6.09 Å². The summed E-state index contributed by atoms with van der Waals surface area (Å²) in [6.07, 6.45) is -1.12. The molecule has 0 saturated carbocycles. The summed E-state index contributed by atoms with van der Waals surface area (Å²) in [5.74, 6) is 0.737. The number of rotatable bonds is 2. The molecule has 1 aromatic rings. The molecule has 0 radical (unpaired) electrons. The van der Waals surface area contributed by atoms with E-state index in [1.807, 2.05) is 45.9 Å². The summed E-state index contributed by atoms with van der Waals surface area (Å²) in [7, 11) is 0. The minimum atomic E-state index is -0.721. The maximum absolute atomic E-state index is 12.1. The molecule has 1 aliphatic rings. The highest BCUT2D eigenvalue weighted by molar-refractivity contribution is 5.69. The SMILES string of the molecule is CCOc1ccc2c(c1)C(O)CN(C(=O)OC(C)(C)C)C2. The molecule has 0 fully saturated rings. The summed E-state index contributed by atoms with van der Waals surface area (Å²) in [5, 5.41) is 10.3. The Hall–Kier alpha value is -1.75. The van der Waals surface area contributed by atoms with Crippen molar-refractivity contribution in [2.24, 2.45) is 0 Å². The van der Waals surface area contributed by atoms with Crippen LogP contribution in [0.2, 0.25) is 0 Å². The summed E-state index contributed by atoms with van der Waals surface area (Å²) >= 11 is 0. The zero-order chi connectivity index (χ0) is 15.6. The van der Waals surface area contributed by atoms with Crippen LogP contribution >= 0.6 is 0 Å². The van der Waals surface area contributed by atoms with Crippen molar-refractivity contribution in [3.8, 4) is 5.75 Å². The second-order valence-corrected chi connectivity index (χ2v) is 6.17. The van der Waals surface area contributed by atoms with E-state index in [1.165, 1.54) is 4.90 Å². The minimum Gasteiger partial charge on any atom is -0.494 e. The van der Waals surface area contributed by atoms with Gasteiger partial charge in [0.05, 0.1) is 19.3 Å². The lowest BCUT2D eigenvalue weighted by Gasteiger charge is -2.33. The Labute approximate surface area is 125 Å². The van der Waals surface area contributed by atoms with Crippen LogP contribution in [0.4, 0.5) is 4.79 Å². The van der Waals surface area contributed by atoms with E-state index in [0.717, 1.165) is 16.9 Å². The van der Waals surface area contributed by atoms with Gasteiger partial charge in [0, 0.05) is 6.54 Å². The summed E-state index contributed by atoms with van der Waals surface area (Å²) in [4.78, 5) is 13.6. The van der Waals surface area contributed by atoms with Gasteiger partial charge in [0.15, 0.2) is 0 Å². The van der Waals surface area contributed by atoms with Gasteiger partial charge < -0.3 is 19.5 Å². The highest BCUT2D eigenvalue weighted by Gasteiger charge is 2.30. The Morgan fingerprint density at radius 3 is 2.76 bits per heavy atom. The van der Waals surface area contributed by atoms with Gasteiger partial charge in [0.25, 0.3) is 0 Å². The van der Waals surface area contributed by atoms with Crippen LogP contribution in [-0.4, -0.2) is 34.9 Å². The van der Waals surface area contributed by atoms with Gasteiger partial charge in [-0.2, -0.15) is 0 Å².